The summed E-state index contributed by atoms with van der Waals surface area (Å²) in [6.45, 7) is 5.56. The molecule has 1 aromatic heterocycles. The Bertz CT molecular complexity index is 742. The number of anilines is 1. The van der Waals surface area contributed by atoms with Crippen molar-refractivity contribution in [1.82, 2.24) is 4.98 Å². The molecule has 1 N–H and O–H groups in total. The van der Waals surface area contributed by atoms with Gasteiger partial charge >= 0.3 is 0 Å². The summed E-state index contributed by atoms with van der Waals surface area (Å²) in [5.74, 6) is 0.911. The summed E-state index contributed by atoms with van der Waals surface area (Å²) < 4.78 is 0. The molecule has 2 heterocycles. The van der Waals surface area contributed by atoms with Crippen LogP contribution in [0.1, 0.15) is 41.3 Å². The third-order valence-corrected chi connectivity index (χ3v) is 5.30. The lowest BCUT2D eigenvalue weighted by molar-refractivity contribution is 0.101. The van der Waals surface area contributed by atoms with Crippen LogP contribution in [-0.4, -0.2) is 35.6 Å². The molecule has 0 amide bonds. The minimum Gasteiger partial charge on any atom is -0.396 e. The number of nitrogens with zero attached hydrogens (tertiary/aromatic N) is 2. The Balaban J connectivity index is 1.80. The zero-order chi connectivity index (χ0) is 17.9. The van der Waals surface area contributed by atoms with Crippen molar-refractivity contribution in [3.8, 4) is 0 Å². The van der Waals surface area contributed by atoms with Crippen molar-refractivity contribution in [3.63, 3.8) is 0 Å². The molecule has 0 radical (unpaired) electrons. The second-order valence-corrected chi connectivity index (χ2v) is 7.25. The molecule has 4 heteroatoms. The Hall–Kier alpha value is -2.20. The first-order valence-electron chi connectivity index (χ1n) is 8.90. The number of hydrogen-bond donors (Lipinski definition) is 1. The molecular weight excluding hydrogens is 312 g/mol. The van der Waals surface area contributed by atoms with E-state index in [4.69, 9.17) is 0 Å². The summed E-state index contributed by atoms with van der Waals surface area (Å²) in [5.41, 5.74) is 3.06. The Morgan fingerprint density at radius 3 is 2.72 bits per heavy atom. The van der Waals surface area contributed by atoms with Gasteiger partial charge in [0.2, 0.25) is 0 Å². The number of pyridine rings is 1. The number of hydrogen-bond acceptors (Lipinski definition) is 4. The van der Waals surface area contributed by atoms with Gasteiger partial charge in [0.15, 0.2) is 5.78 Å². The first-order chi connectivity index (χ1) is 12.0. The van der Waals surface area contributed by atoms with E-state index in [2.05, 4.69) is 41.1 Å². The van der Waals surface area contributed by atoms with E-state index < -0.39 is 0 Å². The molecule has 1 fully saturated rings. The van der Waals surface area contributed by atoms with Crippen molar-refractivity contribution < 1.29 is 9.90 Å². The van der Waals surface area contributed by atoms with E-state index in [0.29, 0.717) is 5.56 Å². The van der Waals surface area contributed by atoms with E-state index in [9.17, 15) is 9.90 Å². The average Bonchev–Trinajstić information content (AvgIpc) is 2.64. The Morgan fingerprint density at radius 1 is 1.28 bits per heavy atom. The predicted octanol–water partition coefficient (Wildman–Crippen LogP) is 3.41. The number of carbonyl (C=O) groups is 1. The van der Waals surface area contributed by atoms with E-state index in [1.54, 1.807) is 13.1 Å². The third kappa shape index (κ3) is 3.90. The van der Waals surface area contributed by atoms with Gasteiger partial charge in [0.25, 0.3) is 0 Å². The van der Waals surface area contributed by atoms with E-state index in [1.807, 2.05) is 12.1 Å². The van der Waals surface area contributed by atoms with Crippen molar-refractivity contribution in [3.05, 3.63) is 59.3 Å². The van der Waals surface area contributed by atoms with Crippen LogP contribution in [0, 0.1) is 12.3 Å². The van der Waals surface area contributed by atoms with Crippen molar-refractivity contribution in [2.45, 2.75) is 33.1 Å². The number of piperidine rings is 1. The van der Waals surface area contributed by atoms with E-state index in [-0.39, 0.29) is 17.8 Å². The van der Waals surface area contributed by atoms with E-state index in [1.165, 1.54) is 11.1 Å². The summed E-state index contributed by atoms with van der Waals surface area (Å²) in [4.78, 5) is 18.1. The van der Waals surface area contributed by atoms with Gasteiger partial charge in [-0.25, -0.2) is 4.98 Å². The molecule has 2 aromatic rings. The molecule has 132 valence electrons. The molecule has 1 saturated heterocycles. The summed E-state index contributed by atoms with van der Waals surface area (Å²) in [7, 11) is 0. The number of aliphatic hydroxyl groups excluding tert-OH is 1. The van der Waals surface area contributed by atoms with Gasteiger partial charge in [-0.3, -0.25) is 4.79 Å². The largest absolute Gasteiger partial charge is 0.396 e. The lowest BCUT2D eigenvalue weighted by Crippen LogP contribution is -2.47. The number of benzene rings is 1. The molecule has 0 bridgehead atoms. The molecule has 25 heavy (non-hydrogen) atoms. The number of aliphatic hydroxyl groups is 1. The smallest absolute Gasteiger partial charge is 0.161 e. The second-order valence-electron chi connectivity index (χ2n) is 7.25. The highest BCUT2D eigenvalue weighted by atomic mass is 16.3. The fourth-order valence-electron chi connectivity index (χ4n) is 3.73. The summed E-state index contributed by atoms with van der Waals surface area (Å²) in [5, 5.41) is 10.2. The van der Waals surface area contributed by atoms with Crippen LogP contribution in [0.4, 0.5) is 5.82 Å². The van der Waals surface area contributed by atoms with Crippen molar-refractivity contribution >= 4 is 11.6 Å². The van der Waals surface area contributed by atoms with Crippen molar-refractivity contribution in [2.75, 3.05) is 24.6 Å². The Kier molecular flexibility index (Phi) is 5.19. The minimum absolute atomic E-state index is 0.0296. The van der Waals surface area contributed by atoms with Crippen LogP contribution in [0.25, 0.3) is 0 Å². The maximum Gasteiger partial charge on any atom is 0.161 e. The topological polar surface area (TPSA) is 53.4 Å². The van der Waals surface area contributed by atoms with Crippen LogP contribution in [0.3, 0.4) is 0 Å². The van der Waals surface area contributed by atoms with Crippen LogP contribution in [0.5, 0.6) is 0 Å². The van der Waals surface area contributed by atoms with E-state index in [0.717, 1.165) is 38.2 Å². The number of aromatic nitrogens is 1. The van der Waals surface area contributed by atoms with Crippen LogP contribution in [-0.2, 0) is 6.42 Å². The summed E-state index contributed by atoms with van der Waals surface area (Å²) in [6, 6.07) is 12.2. The van der Waals surface area contributed by atoms with Crippen LogP contribution >= 0.6 is 0 Å². The van der Waals surface area contributed by atoms with Gasteiger partial charge in [0.1, 0.15) is 5.82 Å². The zero-order valence-corrected chi connectivity index (χ0v) is 15.0. The number of aryl methyl sites for hydroxylation is 1. The van der Waals surface area contributed by atoms with Gasteiger partial charge < -0.3 is 10.0 Å². The zero-order valence-electron chi connectivity index (χ0n) is 15.0. The van der Waals surface area contributed by atoms with Crippen LogP contribution in [0.2, 0.25) is 0 Å². The number of rotatable bonds is 5. The molecule has 4 nitrogen and oxygen atoms in total. The van der Waals surface area contributed by atoms with Gasteiger partial charge in [-0.05, 0) is 56.4 Å². The summed E-state index contributed by atoms with van der Waals surface area (Å²) in [6.07, 6.45) is 4.56. The number of carbonyl (C=O) groups excluding carboxylic acids is 1. The van der Waals surface area contributed by atoms with Crippen molar-refractivity contribution in [1.29, 1.82) is 0 Å². The molecule has 0 saturated carbocycles. The Labute approximate surface area is 149 Å². The highest BCUT2D eigenvalue weighted by molar-refractivity contribution is 5.93. The maximum absolute atomic E-state index is 11.4. The minimum atomic E-state index is -0.148. The fraction of sp³-hybridized carbons (Fsp3) is 0.429. The van der Waals surface area contributed by atoms with Crippen LogP contribution < -0.4 is 4.90 Å². The van der Waals surface area contributed by atoms with Gasteiger partial charge in [-0.1, -0.05) is 24.3 Å². The second kappa shape index (κ2) is 7.36. The molecule has 3 rings (SSSR count). The molecule has 1 atom stereocenters. The van der Waals surface area contributed by atoms with Gasteiger partial charge in [-0.15, -0.1) is 0 Å². The molecule has 0 unspecified atom stereocenters. The predicted molar refractivity (Wildman–Crippen MR) is 100 cm³/mol. The fourth-order valence-corrected chi connectivity index (χ4v) is 3.73. The summed E-state index contributed by atoms with van der Waals surface area (Å²) >= 11 is 0. The highest BCUT2D eigenvalue weighted by Crippen LogP contribution is 2.35. The molecule has 1 aliphatic heterocycles. The average molecular weight is 338 g/mol. The lowest BCUT2D eigenvalue weighted by atomic mass is 9.75. The lowest BCUT2D eigenvalue weighted by Gasteiger charge is -2.42. The molecule has 1 aromatic carbocycles. The van der Waals surface area contributed by atoms with Crippen molar-refractivity contribution in [2.24, 2.45) is 5.41 Å². The quantitative estimate of drug-likeness (QED) is 0.849. The SMILES string of the molecule is CC(=O)c1ccc(N2CCC[C@](CO)(Cc3ccccc3C)C2)nc1. The van der Waals surface area contributed by atoms with Gasteiger partial charge in [0.05, 0.1) is 6.61 Å². The maximum atomic E-state index is 11.4. The molecule has 1 aliphatic rings. The van der Waals surface area contributed by atoms with Gasteiger partial charge in [-0.2, -0.15) is 0 Å². The number of ketones is 1. The molecular formula is C21H26N2O2. The standard InChI is InChI=1S/C21H26N2O2/c1-16-6-3-4-7-18(16)12-21(15-24)10-5-11-23(14-21)20-9-8-19(13-22-20)17(2)25/h3-4,6-9,13,24H,5,10-12,14-15H2,1-2H3/t21-/m0/s1. The molecule has 0 aliphatic carbocycles. The molecule has 0 spiro atoms. The first kappa shape index (κ1) is 17.6. The normalized spacial score (nSPS) is 20.5. The highest BCUT2D eigenvalue weighted by Gasteiger charge is 2.36. The van der Waals surface area contributed by atoms with Gasteiger partial charge in [0, 0.05) is 30.3 Å². The van der Waals surface area contributed by atoms with Crippen LogP contribution in [0.15, 0.2) is 42.6 Å². The number of Topliss-reactive ketones (excluding diaryl/α,β-unsaturated/α-hetero) is 1. The third-order valence-electron chi connectivity index (χ3n) is 5.30. The Morgan fingerprint density at radius 2 is 2.08 bits per heavy atom. The first-order valence-corrected chi connectivity index (χ1v) is 8.90. The monoisotopic (exact) mass is 338 g/mol. The van der Waals surface area contributed by atoms with E-state index >= 15 is 0 Å².